The van der Waals surface area contributed by atoms with Crippen LogP contribution in [0.15, 0.2) is 30.6 Å². The Morgan fingerprint density at radius 2 is 2.14 bits per heavy atom. The van der Waals surface area contributed by atoms with Crippen molar-refractivity contribution in [3.8, 4) is 5.75 Å². The Bertz CT molecular complexity index is 856. The van der Waals surface area contributed by atoms with Gasteiger partial charge >= 0.3 is 5.69 Å². The van der Waals surface area contributed by atoms with E-state index in [1.807, 2.05) is 0 Å². The van der Waals surface area contributed by atoms with Crippen molar-refractivity contribution >= 4 is 23.2 Å². The summed E-state index contributed by atoms with van der Waals surface area (Å²) < 4.78 is 10.6. The molecule has 1 atom stereocenters. The van der Waals surface area contributed by atoms with E-state index in [4.69, 9.17) is 9.47 Å². The first kappa shape index (κ1) is 19.3. The summed E-state index contributed by atoms with van der Waals surface area (Å²) in [6.07, 6.45) is 2.99. The second-order valence-corrected chi connectivity index (χ2v) is 5.97. The lowest BCUT2D eigenvalue weighted by Crippen LogP contribution is -2.30. The van der Waals surface area contributed by atoms with Gasteiger partial charge in [-0.15, -0.1) is 0 Å². The van der Waals surface area contributed by atoms with E-state index in [1.54, 1.807) is 24.3 Å². The average molecular weight is 388 g/mol. The lowest BCUT2D eigenvalue weighted by molar-refractivity contribution is -0.383. The number of rotatable bonds is 8. The van der Waals surface area contributed by atoms with Crippen LogP contribution in [-0.4, -0.2) is 47.2 Å². The van der Waals surface area contributed by atoms with Crippen LogP contribution in [0.2, 0.25) is 0 Å². The standard InChI is InChI=1S/C17H20N6O5/c1-27-13-7-3-2-6-12(13)17(24)22-21-16-14(23(25)26)15(19-10-20-16)18-9-11-5-4-8-28-11/h2-3,6-7,10-11H,4-5,8-9H2,1H3,(H,22,24)(H2,18,19,20,21). The quantitative estimate of drug-likeness (QED) is 0.455. The smallest absolute Gasteiger partial charge is 0.354 e. The van der Waals surface area contributed by atoms with E-state index in [2.05, 4.69) is 26.1 Å². The number of carbonyl (C=O) groups excluding carboxylic acids is 1. The van der Waals surface area contributed by atoms with Crippen LogP contribution in [0.25, 0.3) is 0 Å². The fraction of sp³-hybridized carbons (Fsp3) is 0.353. The zero-order valence-corrected chi connectivity index (χ0v) is 15.2. The van der Waals surface area contributed by atoms with Gasteiger partial charge in [-0.05, 0) is 25.0 Å². The fourth-order valence-electron chi connectivity index (χ4n) is 2.80. The number of hydrogen-bond acceptors (Lipinski definition) is 9. The number of hydrogen-bond donors (Lipinski definition) is 3. The number of methoxy groups -OCH3 is 1. The molecule has 11 heteroatoms. The number of para-hydroxylation sites is 1. The van der Waals surface area contributed by atoms with Crippen LogP contribution in [0.3, 0.4) is 0 Å². The Balaban J connectivity index is 1.73. The Morgan fingerprint density at radius 3 is 2.86 bits per heavy atom. The van der Waals surface area contributed by atoms with Crippen LogP contribution in [-0.2, 0) is 4.74 Å². The highest BCUT2D eigenvalue weighted by Crippen LogP contribution is 2.29. The molecule has 0 bridgehead atoms. The molecular weight excluding hydrogens is 368 g/mol. The summed E-state index contributed by atoms with van der Waals surface area (Å²) in [4.78, 5) is 31.1. The van der Waals surface area contributed by atoms with Gasteiger partial charge < -0.3 is 14.8 Å². The number of nitrogens with one attached hydrogen (secondary N) is 3. The number of amides is 1. The van der Waals surface area contributed by atoms with Gasteiger partial charge in [-0.3, -0.25) is 25.8 Å². The molecule has 0 saturated carbocycles. The van der Waals surface area contributed by atoms with Gasteiger partial charge in [0.25, 0.3) is 5.91 Å². The van der Waals surface area contributed by atoms with Crippen molar-refractivity contribution < 1.29 is 19.2 Å². The van der Waals surface area contributed by atoms with Crippen LogP contribution < -0.4 is 20.9 Å². The summed E-state index contributed by atoms with van der Waals surface area (Å²) in [6, 6.07) is 6.61. The molecule has 1 aromatic carbocycles. The second-order valence-electron chi connectivity index (χ2n) is 5.97. The molecule has 1 amide bonds. The van der Waals surface area contributed by atoms with Gasteiger partial charge in [-0.2, -0.15) is 0 Å². The predicted molar refractivity (Wildman–Crippen MR) is 100 cm³/mol. The fourth-order valence-corrected chi connectivity index (χ4v) is 2.80. The SMILES string of the molecule is COc1ccccc1C(=O)NNc1ncnc(NCC2CCCO2)c1[N+](=O)[O-]. The van der Waals surface area contributed by atoms with Crippen molar-refractivity contribution in [3.05, 3.63) is 46.3 Å². The molecule has 1 fully saturated rings. The van der Waals surface area contributed by atoms with Gasteiger partial charge in [-0.25, -0.2) is 9.97 Å². The van der Waals surface area contributed by atoms with Gasteiger partial charge in [0.05, 0.1) is 23.7 Å². The van der Waals surface area contributed by atoms with E-state index in [0.29, 0.717) is 18.9 Å². The number of benzene rings is 1. The second kappa shape index (κ2) is 8.95. The zero-order valence-electron chi connectivity index (χ0n) is 15.2. The lowest BCUT2D eigenvalue weighted by Gasteiger charge is -2.13. The normalized spacial score (nSPS) is 15.7. The molecule has 3 N–H and O–H groups in total. The summed E-state index contributed by atoms with van der Waals surface area (Å²) in [5.74, 6) is -0.250. The van der Waals surface area contributed by atoms with Crippen LogP contribution in [0.1, 0.15) is 23.2 Å². The molecule has 1 aromatic heterocycles. The van der Waals surface area contributed by atoms with Crippen molar-refractivity contribution in [3.63, 3.8) is 0 Å². The van der Waals surface area contributed by atoms with Crippen molar-refractivity contribution in [2.75, 3.05) is 31.0 Å². The maximum absolute atomic E-state index is 12.4. The molecule has 0 spiro atoms. The molecule has 1 aliphatic heterocycles. The lowest BCUT2D eigenvalue weighted by atomic mass is 10.2. The molecule has 1 unspecified atom stereocenters. The number of ether oxygens (including phenoxy) is 2. The molecule has 28 heavy (non-hydrogen) atoms. The topological polar surface area (TPSA) is 141 Å². The van der Waals surface area contributed by atoms with Crippen molar-refractivity contribution in [2.24, 2.45) is 0 Å². The van der Waals surface area contributed by atoms with Crippen molar-refractivity contribution in [1.29, 1.82) is 0 Å². The Kier molecular flexibility index (Phi) is 6.17. The van der Waals surface area contributed by atoms with Crippen LogP contribution >= 0.6 is 0 Å². The first-order valence-corrected chi connectivity index (χ1v) is 8.64. The number of nitrogens with zero attached hydrogens (tertiary/aromatic N) is 3. The molecular formula is C17H20N6O5. The third-order valence-electron chi connectivity index (χ3n) is 4.17. The number of carbonyl (C=O) groups is 1. The summed E-state index contributed by atoms with van der Waals surface area (Å²) in [5, 5.41) is 14.5. The van der Waals surface area contributed by atoms with E-state index < -0.39 is 10.8 Å². The van der Waals surface area contributed by atoms with Crippen LogP contribution in [0.5, 0.6) is 5.75 Å². The predicted octanol–water partition coefficient (Wildman–Crippen LogP) is 1.74. The van der Waals surface area contributed by atoms with E-state index in [1.165, 1.54) is 13.4 Å². The highest BCUT2D eigenvalue weighted by atomic mass is 16.6. The van der Waals surface area contributed by atoms with E-state index in [9.17, 15) is 14.9 Å². The average Bonchev–Trinajstić information content (AvgIpc) is 3.23. The third-order valence-corrected chi connectivity index (χ3v) is 4.17. The molecule has 0 aliphatic carbocycles. The first-order valence-electron chi connectivity index (χ1n) is 8.64. The minimum absolute atomic E-state index is 0.0174. The van der Waals surface area contributed by atoms with E-state index >= 15 is 0 Å². The van der Waals surface area contributed by atoms with Gasteiger partial charge in [-0.1, -0.05) is 12.1 Å². The number of nitro groups is 1. The Morgan fingerprint density at radius 1 is 1.36 bits per heavy atom. The molecule has 148 valence electrons. The minimum Gasteiger partial charge on any atom is -0.496 e. The molecule has 11 nitrogen and oxygen atoms in total. The highest BCUT2D eigenvalue weighted by molar-refractivity contribution is 5.97. The Hall–Kier alpha value is -3.47. The number of hydrazine groups is 1. The molecule has 2 aromatic rings. The maximum atomic E-state index is 12.4. The molecule has 0 radical (unpaired) electrons. The molecule has 1 aliphatic rings. The summed E-state index contributed by atoms with van der Waals surface area (Å²) >= 11 is 0. The molecule has 1 saturated heterocycles. The van der Waals surface area contributed by atoms with E-state index in [-0.39, 0.29) is 29.0 Å². The third kappa shape index (κ3) is 4.43. The largest absolute Gasteiger partial charge is 0.496 e. The molecule has 2 heterocycles. The summed E-state index contributed by atoms with van der Waals surface area (Å²) in [6.45, 7) is 1.07. The zero-order chi connectivity index (χ0) is 19.9. The van der Waals surface area contributed by atoms with Crippen molar-refractivity contribution in [2.45, 2.75) is 18.9 Å². The Labute approximate surface area is 160 Å². The van der Waals surface area contributed by atoms with Crippen LogP contribution in [0.4, 0.5) is 17.3 Å². The maximum Gasteiger partial charge on any atom is 0.354 e. The van der Waals surface area contributed by atoms with Crippen LogP contribution in [0, 0.1) is 10.1 Å². The molecule has 3 rings (SSSR count). The van der Waals surface area contributed by atoms with Gasteiger partial charge in [0.15, 0.2) is 0 Å². The number of anilines is 2. The first-order chi connectivity index (χ1) is 13.6. The summed E-state index contributed by atoms with van der Waals surface area (Å²) in [5.41, 5.74) is 4.78. The van der Waals surface area contributed by atoms with Gasteiger partial charge in [0.2, 0.25) is 11.6 Å². The van der Waals surface area contributed by atoms with Gasteiger partial charge in [0, 0.05) is 13.2 Å². The summed E-state index contributed by atoms with van der Waals surface area (Å²) in [7, 11) is 1.45. The number of aromatic nitrogens is 2. The monoisotopic (exact) mass is 388 g/mol. The van der Waals surface area contributed by atoms with Gasteiger partial charge in [0.1, 0.15) is 12.1 Å². The van der Waals surface area contributed by atoms with Crippen molar-refractivity contribution in [1.82, 2.24) is 15.4 Å². The van der Waals surface area contributed by atoms with E-state index in [0.717, 1.165) is 12.8 Å². The highest BCUT2D eigenvalue weighted by Gasteiger charge is 2.25. The minimum atomic E-state index is -0.616.